The Bertz CT molecular complexity index is 798. The number of ether oxygens (including phenoxy) is 2. The molecule has 0 fully saturated rings. The molecule has 0 N–H and O–H groups in total. The summed E-state index contributed by atoms with van der Waals surface area (Å²) in [7, 11) is 3.42. The summed E-state index contributed by atoms with van der Waals surface area (Å²) < 4.78 is 13.4. The molecule has 1 aliphatic heterocycles. The minimum Gasteiger partial charge on any atom is -0.497 e. The molecule has 0 spiro atoms. The molecule has 0 aromatic carbocycles. The van der Waals surface area contributed by atoms with Crippen LogP contribution in [-0.4, -0.2) is 20.0 Å². The van der Waals surface area contributed by atoms with Crippen molar-refractivity contribution >= 4 is 43.8 Å². The fourth-order valence-electron chi connectivity index (χ4n) is 2.26. The Morgan fingerprint density at radius 1 is 1.09 bits per heavy atom. The lowest BCUT2D eigenvalue weighted by molar-refractivity contribution is 0.305. The molecule has 0 saturated carbocycles. The monoisotopic (exact) mass is 362 g/mol. The first kappa shape index (κ1) is 16.4. The lowest BCUT2D eigenvalue weighted by Gasteiger charge is -1.99. The van der Waals surface area contributed by atoms with E-state index in [-0.39, 0.29) is 0 Å². The van der Waals surface area contributed by atoms with Crippen molar-refractivity contribution in [3.63, 3.8) is 0 Å². The quantitative estimate of drug-likeness (QED) is 0.669. The third kappa shape index (κ3) is 3.91. The molecule has 23 heavy (non-hydrogen) atoms. The summed E-state index contributed by atoms with van der Waals surface area (Å²) in [6.07, 6.45) is 7.27. The van der Waals surface area contributed by atoms with Crippen LogP contribution in [0, 0.1) is 0 Å². The number of allylic oxidation sites excluding steroid dienone is 2. The van der Waals surface area contributed by atoms with Crippen LogP contribution < -0.4 is 4.74 Å². The SMILES string of the molecule is COC1=CCc2sc3ccc(OC)cccsc3c2SCC=C1. The first-order chi connectivity index (χ1) is 11.3. The van der Waals surface area contributed by atoms with Crippen molar-refractivity contribution in [3.8, 4) is 5.75 Å². The van der Waals surface area contributed by atoms with Gasteiger partial charge in [-0.05, 0) is 41.8 Å². The van der Waals surface area contributed by atoms with Gasteiger partial charge in [-0.25, -0.2) is 0 Å². The number of hydrogen-bond donors (Lipinski definition) is 0. The van der Waals surface area contributed by atoms with Crippen LogP contribution in [0.1, 0.15) is 4.88 Å². The van der Waals surface area contributed by atoms with E-state index in [0.717, 1.165) is 23.7 Å². The summed E-state index contributed by atoms with van der Waals surface area (Å²) in [5, 5.41) is 2.12. The molecule has 0 bridgehead atoms. The molecule has 0 amide bonds. The maximum Gasteiger partial charge on any atom is 0.118 e. The van der Waals surface area contributed by atoms with Crippen LogP contribution in [0.3, 0.4) is 0 Å². The zero-order valence-corrected chi connectivity index (χ0v) is 15.5. The van der Waals surface area contributed by atoms with E-state index in [1.54, 1.807) is 25.6 Å². The molecular weight excluding hydrogens is 344 g/mol. The van der Waals surface area contributed by atoms with E-state index in [2.05, 4.69) is 29.7 Å². The highest BCUT2D eigenvalue weighted by molar-refractivity contribution is 8.00. The van der Waals surface area contributed by atoms with E-state index in [1.807, 2.05) is 41.3 Å². The van der Waals surface area contributed by atoms with Crippen LogP contribution in [0.2, 0.25) is 0 Å². The highest BCUT2D eigenvalue weighted by Gasteiger charge is 2.12. The molecule has 120 valence electrons. The van der Waals surface area contributed by atoms with E-state index >= 15 is 0 Å². The number of fused-ring (bicyclic) bond motifs is 3. The van der Waals surface area contributed by atoms with Crippen LogP contribution >= 0.6 is 34.4 Å². The zero-order valence-electron chi connectivity index (χ0n) is 13.1. The molecule has 2 aromatic rings. The minimum atomic E-state index is 0.865. The summed E-state index contributed by atoms with van der Waals surface area (Å²) in [6.45, 7) is 0. The minimum absolute atomic E-state index is 0.865. The van der Waals surface area contributed by atoms with Gasteiger partial charge in [0.15, 0.2) is 0 Å². The Morgan fingerprint density at radius 2 is 2.00 bits per heavy atom. The Balaban J connectivity index is 2.15. The summed E-state index contributed by atoms with van der Waals surface area (Å²) in [5.41, 5.74) is 0. The standard InChI is InChI=1S/C18H18O2S3/c1-19-13-5-3-11-21-17-15(9-7-13)23-16-10-8-14(20-2)6-4-12-22-18(16)17/h3-9,11H,10,12H2,1-2H3. The predicted molar refractivity (Wildman–Crippen MR) is 103 cm³/mol. The fourth-order valence-corrected chi connectivity index (χ4v) is 5.80. The highest BCUT2D eigenvalue weighted by Crippen LogP contribution is 2.40. The van der Waals surface area contributed by atoms with Gasteiger partial charge >= 0.3 is 0 Å². The molecule has 0 unspecified atom stereocenters. The molecule has 0 atom stereocenters. The largest absolute Gasteiger partial charge is 0.497 e. The molecule has 5 heteroatoms. The maximum absolute atomic E-state index is 5.40. The van der Waals surface area contributed by atoms with Gasteiger partial charge in [-0.3, -0.25) is 0 Å². The van der Waals surface area contributed by atoms with Crippen molar-refractivity contribution < 1.29 is 9.47 Å². The van der Waals surface area contributed by atoms with Crippen molar-refractivity contribution in [1.29, 1.82) is 0 Å². The number of methoxy groups -OCH3 is 2. The average molecular weight is 363 g/mol. The van der Waals surface area contributed by atoms with Crippen molar-refractivity contribution in [3.05, 3.63) is 58.5 Å². The van der Waals surface area contributed by atoms with Gasteiger partial charge in [0.1, 0.15) is 11.5 Å². The van der Waals surface area contributed by atoms with Crippen molar-refractivity contribution in [1.82, 2.24) is 0 Å². The van der Waals surface area contributed by atoms with Gasteiger partial charge in [-0.15, -0.1) is 34.4 Å². The number of thioether (sulfide) groups is 1. The van der Waals surface area contributed by atoms with Crippen LogP contribution in [0.4, 0.5) is 0 Å². The van der Waals surface area contributed by atoms with Crippen molar-refractivity contribution in [2.24, 2.45) is 0 Å². The van der Waals surface area contributed by atoms with Gasteiger partial charge in [0.25, 0.3) is 0 Å². The van der Waals surface area contributed by atoms with Crippen LogP contribution in [0.15, 0.2) is 58.5 Å². The molecule has 3 heterocycles. The van der Waals surface area contributed by atoms with Gasteiger partial charge in [0.2, 0.25) is 0 Å². The molecular formula is C18H18O2S3. The van der Waals surface area contributed by atoms with Crippen LogP contribution in [-0.2, 0) is 11.2 Å². The Kier molecular flexibility index (Phi) is 5.65. The summed E-state index contributed by atoms with van der Waals surface area (Å²) in [4.78, 5) is 2.79. The van der Waals surface area contributed by atoms with Gasteiger partial charge < -0.3 is 9.47 Å². The molecule has 1 aliphatic rings. The van der Waals surface area contributed by atoms with Crippen molar-refractivity contribution in [2.75, 3.05) is 20.0 Å². The first-order valence-electron chi connectivity index (χ1n) is 7.26. The lowest BCUT2D eigenvalue weighted by Crippen LogP contribution is -1.83. The van der Waals surface area contributed by atoms with Gasteiger partial charge in [0, 0.05) is 26.6 Å². The fraction of sp³-hybridized carbons (Fsp3) is 0.222. The molecule has 2 nitrogen and oxygen atoms in total. The summed E-state index contributed by atoms with van der Waals surface area (Å²) in [6, 6.07) is 8.21. The van der Waals surface area contributed by atoms with Gasteiger partial charge in [-0.1, -0.05) is 6.08 Å². The third-order valence-corrected chi connectivity index (χ3v) is 7.02. The van der Waals surface area contributed by atoms with E-state index in [4.69, 9.17) is 9.47 Å². The number of thiophene rings is 1. The zero-order chi connectivity index (χ0) is 16.1. The summed E-state index contributed by atoms with van der Waals surface area (Å²) in [5.74, 6) is 2.75. The Labute approximate surface area is 148 Å². The third-order valence-electron chi connectivity index (χ3n) is 3.41. The number of rotatable bonds is 2. The second-order valence-corrected chi connectivity index (χ2v) is 7.91. The van der Waals surface area contributed by atoms with E-state index in [0.29, 0.717) is 0 Å². The van der Waals surface area contributed by atoms with E-state index in [9.17, 15) is 0 Å². The van der Waals surface area contributed by atoms with E-state index < -0.39 is 0 Å². The molecule has 0 radical (unpaired) electrons. The van der Waals surface area contributed by atoms with Gasteiger partial charge in [-0.2, -0.15) is 0 Å². The maximum atomic E-state index is 5.40. The Hall–Kier alpha value is -1.43. The molecule has 2 aromatic heterocycles. The van der Waals surface area contributed by atoms with Crippen LogP contribution in [0.5, 0.6) is 5.75 Å². The lowest BCUT2D eigenvalue weighted by atomic mass is 10.3. The molecule has 3 rings (SSSR count). The number of hydrogen-bond acceptors (Lipinski definition) is 5. The Morgan fingerprint density at radius 3 is 2.83 bits per heavy atom. The van der Waals surface area contributed by atoms with Crippen LogP contribution in [0.25, 0.3) is 9.40 Å². The predicted octanol–water partition coefficient (Wildman–Crippen LogP) is 5.83. The normalized spacial score (nSPS) is 14.1. The molecule has 0 aliphatic carbocycles. The van der Waals surface area contributed by atoms with Gasteiger partial charge in [0.05, 0.1) is 18.9 Å². The molecule has 0 saturated heterocycles. The second-order valence-electron chi connectivity index (χ2n) is 4.83. The van der Waals surface area contributed by atoms with E-state index in [1.165, 1.54) is 19.2 Å². The second kappa shape index (κ2) is 7.90. The topological polar surface area (TPSA) is 18.5 Å². The highest BCUT2D eigenvalue weighted by atomic mass is 32.2. The smallest absolute Gasteiger partial charge is 0.118 e. The van der Waals surface area contributed by atoms with Crippen molar-refractivity contribution in [2.45, 2.75) is 11.3 Å². The average Bonchev–Trinajstić information content (AvgIpc) is 2.96. The summed E-state index contributed by atoms with van der Waals surface area (Å²) >= 11 is 5.53. The first-order valence-corrected chi connectivity index (χ1v) is 9.94.